The molecule has 5 nitrogen and oxygen atoms in total. The summed E-state index contributed by atoms with van der Waals surface area (Å²) in [5, 5.41) is 9.16. The standard InChI is InChI=1S/C11H18N2O3S/c1-8-3-5-10(6-4-8)17(15,16)13-7-11(12)9(2)14/h3-6,9,11,13-14H,7,12H2,1-2H3. The van der Waals surface area contributed by atoms with E-state index in [1.165, 1.54) is 19.1 Å². The fraction of sp³-hybridized carbons (Fsp3) is 0.455. The van der Waals surface area contributed by atoms with Crippen LogP contribution in [0.2, 0.25) is 0 Å². The summed E-state index contributed by atoms with van der Waals surface area (Å²) in [7, 11) is -3.55. The highest BCUT2D eigenvalue weighted by molar-refractivity contribution is 7.89. The number of benzene rings is 1. The van der Waals surface area contributed by atoms with E-state index in [4.69, 9.17) is 10.8 Å². The molecule has 0 radical (unpaired) electrons. The zero-order chi connectivity index (χ0) is 13.1. The lowest BCUT2D eigenvalue weighted by molar-refractivity contribution is 0.164. The number of rotatable bonds is 5. The molecule has 17 heavy (non-hydrogen) atoms. The van der Waals surface area contributed by atoms with E-state index in [2.05, 4.69) is 4.72 Å². The molecule has 1 aromatic rings. The molecule has 2 unspecified atom stereocenters. The molecule has 0 saturated carbocycles. The van der Waals surface area contributed by atoms with Gasteiger partial charge in [0.1, 0.15) is 0 Å². The minimum absolute atomic E-state index is 0.00781. The van der Waals surface area contributed by atoms with Gasteiger partial charge in [-0.1, -0.05) is 17.7 Å². The second kappa shape index (κ2) is 5.59. The lowest BCUT2D eigenvalue weighted by Crippen LogP contribution is -2.43. The Hall–Kier alpha value is -0.950. The van der Waals surface area contributed by atoms with E-state index in [9.17, 15) is 8.42 Å². The van der Waals surface area contributed by atoms with Crippen LogP contribution < -0.4 is 10.5 Å². The average Bonchev–Trinajstić information content (AvgIpc) is 2.26. The summed E-state index contributed by atoms with van der Waals surface area (Å²) in [5.41, 5.74) is 6.54. The van der Waals surface area contributed by atoms with Crippen LogP contribution in [0.4, 0.5) is 0 Å². The second-order valence-electron chi connectivity index (χ2n) is 4.07. The lowest BCUT2D eigenvalue weighted by Gasteiger charge is -2.15. The Kier molecular flexibility index (Phi) is 4.64. The minimum atomic E-state index is -3.55. The molecule has 0 aliphatic heterocycles. The van der Waals surface area contributed by atoms with Crippen LogP contribution in [-0.4, -0.2) is 32.2 Å². The van der Waals surface area contributed by atoms with E-state index >= 15 is 0 Å². The first-order valence-electron chi connectivity index (χ1n) is 5.33. The van der Waals surface area contributed by atoms with Gasteiger partial charge in [-0.3, -0.25) is 0 Å². The third-order valence-electron chi connectivity index (χ3n) is 2.46. The van der Waals surface area contributed by atoms with Gasteiger partial charge in [-0.25, -0.2) is 13.1 Å². The summed E-state index contributed by atoms with van der Waals surface area (Å²) in [5.74, 6) is 0. The van der Waals surface area contributed by atoms with Crippen LogP contribution in [0, 0.1) is 6.92 Å². The van der Waals surface area contributed by atoms with Gasteiger partial charge in [-0.2, -0.15) is 0 Å². The zero-order valence-electron chi connectivity index (χ0n) is 9.92. The van der Waals surface area contributed by atoms with Gasteiger partial charge in [0.2, 0.25) is 10.0 Å². The number of nitrogens with two attached hydrogens (primary N) is 1. The smallest absolute Gasteiger partial charge is 0.240 e. The molecule has 0 saturated heterocycles. The number of hydrogen-bond acceptors (Lipinski definition) is 4. The van der Waals surface area contributed by atoms with Gasteiger partial charge in [0.25, 0.3) is 0 Å². The van der Waals surface area contributed by atoms with E-state index in [-0.39, 0.29) is 11.4 Å². The summed E-state index contributed by atoms with van der Waals surface area (Å²) in [6, 6.07) is 5.90. The number of sulfonamides is 1. The Morgan fingerprint density at radius 2 is 1.88 bits per heavy atom. The predicted octanol–water partition coefficient (Wildman–Crippen LogP) is -0.0186. The Labute approximate surface area is 102 Å². The Morgan fingerprint density at radius 3 is 2.35 bits per heavy atom. The molecule has 0 fully saturated rings. The van der Waals surface area contributed by atoms with E-state index < -0.39 is 22.2 Å². The summed E-state index contributed by atoms with van der Waals surface area (Å²) >= 11 is 0. The Bertz CT molecular complexity index is 454. The molecule has 96 valence electrons. The molecule has 0 aliphatic rings. The number of nitrogens with one attached hydrogen (secondary N) is 1. The summed E-state index contributed by atoms with van der Waals surface area (Å²) in [4.78, 5) is 0.195. The van der Waals surface area contributed by atoms with Crippen molar-refractivity contribution in [2.75, 3.05) is 6.54 Å². The highest BCUT2D eigenvalue weighted by Crippen LogP contribution is 2.09. The van der Waals surface area contributed by atoms with Gasteiger partial charge in [0.05, 0.1) is 11.0 Å². The first-order chi connectivity index (χ1) is 7.83. The SMILES string of the molecule is Cc1ccc(S(=O)(=O)NCC(N)C(C)O)cc1. The number of hydrogen-bond donors (Lipinski definition) is 3. The minimum Gasteiger partial charge on any atom is -0.392 e. The van der Waals surface area contributed by atoms with Crippen LogP contribution in [0.1, 0.15) is 12.5 Å². The van der Waals surface area contributed by atoms with Crippen molar-refractivity contribution in [3.8, 4) is 0 Å². The highest BCUT2D eigenvalue weighted by atomic mass is 32.2. The first-order valence-corrected chi connectivity index (χ1v) is 6.81. The molecule has 0 amide bonds. The fourth-order valence-electron chi connectivity index (χ4n) is 1.18. The molecule has 4 N–H and O–H groups in total. The van der Waals surface area contributed by atoms with E-state index in [0.717, 1.165) is 5.56 Å². The number of aliphatic hydroxyl groups is 1. The van der Waals surface area contributed by atoms with Crippen molar-refractivity contribution in [3.63, 3.8) is 0 Å². The van der Waals surface area contributed by atoms with Crippen LogP contribution in [0.25, 0.3) is 0 Å². The molecule has 0 bridgehead atoms. The van der Waals surface area contributed by atoms with Gasteiger partial charge in [-0.15, -0.1) is 0 Å². The predicted molar refractivity (Wildman–Crippen MR) is 66.0 cm³/mol. The van der Waals surface area contributed by atoms with Crippen LogP contribution in [0.15, 0.2) is 29.2 Å². The Balaban J connectivity index is 2.72. The molecule has 0 aliphatic carbocycles. The van der Waals surface area contributed by atoms with Crippen molar-refractivity contribution >= 4 is 10.0 Å². The van der Waals surface area contributed by atoms with Crippen LogP contribution in [0.5, 0.6) is 0 Å². The third kappa shape index (κ3) is 4.08. The average molecular weight is 258 g/mol. The molecule has 1 aromatic carbocycles. The quantitative estimate of drug-likeness (QED) is 0.692. The molecule has 0 aromatic heterocycles. The van der Waals surface area contributed by atoms with E-state index in [0.29, 0.717) is 0 Å². The Morgan fingerprint density at radius 1 is 1.35 bits per heavy atom. The van der Waals surface area contributed by atoms with Crippen LogP contribution >= 0.6 is 0 Å². The molecule has 6 heteroatoms. The second-order valence-corrected chi connectivity index (χ2v) is 5.84. The zero-order valence-corrected chi connectivity index (χ0v) is 10.7. The summed E-state index contributed by atoms with van der Waals surface area (Å²) < 4.78 is 26.0. The molecule has 0 spiro atoms. The van der Waals surface area contributed by atoms with E-state index in [1.54, 1.807) is 12.1 Å². The molecular formula is C11H18N2O3S. The van der Waals surface area contributed by atoms with Crippen molar-refractivity contribution in [2.45, 2.75) is 30.9 Å². The maximum Gasteiger partial charge on any atom is 0.240 e. The van der Waals surface area contributed by atoms with Gasteiger partial charge in [0, 0.05) is 12.6 Å². The first kappa shape index (κ1) is 14.1. The lowest BCUT2D eigenvalue weighted by atomic mass is 10.2. The molecule has 0 heterocycles. The van der Waals surface area contributed by atoms with Crippen molar-refractivity contribution in [1.29, 1.82) is 0 Å². The van der Waals surface area contributed by atoms with Crippen molar-refractivity contribution < 1.29 is 13.5 Å². The van der Waals surface area contributed by atoms with Crippen LogP contribution in [0.3, 0.4) is 0 Å². The maximum atomic E-state index is 11.8. The van der Waals surface area contributed by atoms with Gasteiger partial charge in [0.15, 0.2) is 0 Å². The highest BCUT2D eigenvalue weighted by Gasteiger charge is 2.16. The fourth-order valence-corrected chi connectivity index (χ4v) is 2.25. The monoisotopic (exact) mass is 258 g/mol. The van der Waals surface area contributed by atoms with Gasteiger partial charge < -0.3 is 10.8 Å². The van der Waals surface area contributed by atoms with E-state index in [1.807, 2.05) is 6.92 Å². The largest absolute Gasteiger partial charge is 0.392 e. The topological polar surface area (TPSA) is 92.4 Å². The maximum absolute atomic E-state index is 11.8. The normalized spacial score (nSPS) is 15.5. The van der Waals surface area contributed by atoms with Crippen molar-refractivity contribution in [2.24, 2.45) is 5.73 Å². The van der Waals surface area contributed by atoms with Gasteiger partial charge >= 0.3 is 0 Å². The summed E-state index contributed by atoms with van der Waals surface area (Å²) in [6.07, 6.45) is -0.754. The van der Waals surface area contributed by atoms with Gasteiger partial charge in [-0.05, 0) is 26.0 Å². The third-order valence-corrected chi connectivity index (χ3v) is 3.90. The van der Waals surface area contributed by atoms with Crippen molar-refractivity contribution in [3.05, 3.63) is 29.8 Å². The summed E-state index contributed by atoms with van der Waals surface area (Å²) in [6.45, 7) is 3.41. The molecule has 2 atom stereocenters. The molecular weight excluding hydrogens is 240 g/mol. The van der Waals surface area contributed by atoms with Crippen LogP contribution in [-0.2, 0) is 10.0 Å². The van der Waals surface area contributed by atoms with Crippen molar-refractivity contribution in [1.82, 2.24) is 4.72 Å². The molecule has 1 rings (SSSR count). The number of aliphatic hydroxyl groups excluding tert-OH is 1. The number of aryl methyl sites for hydroxylation is 1.